The summed E-state index contributed by atoms with van der Waals surface area (Å²) in [5.74, 6) is -0.498. The molecule has 1 saturated carbocycles. The first-order chi connectivity index (χ1) is 9.69. The Labute approximate surface area is 120 Å². The first kappa shape index (κ1) is 13.8. The van der Waals surface area contributed by atoms with E-state index < -0.39 is 5.79 Å². The van der Waals surface area contributed by atoms with E-state index in [1.807, 2.05) is 0 Å². The lowest BCUT2D eigenvalue weighted by Gasteiger charge is -2.41. The molecule has 3 rings (SSSR count). The van der Waals surface area contributed by atoms with E-state index in [0.29, 0.717) is 6.61 Å². The van der Waals surface area contributed by atoms with Gasteiger partial charge in [0.15, 0.2) is 0 Å². The molecule has 1 spiro atoms. The van der Waals surface area contributed by atoms with Crippen molar-refractivity contribution in [2.45, 2.75) is 50.9 Å². The van der Waals surface area contributed by atoms with E-state index in [9.17, 15) is 0 Å². The molecule has 2 aliphatic rings. The summed E-state index contributed by atoms with van der Waals surface area (Å²) >= 11 is 0. The van der Waals surface area contributed by atoms with Gasteiger partial charge in [0.2, 0.25) is 5.79 Å². The van der Waals surface area contributed by atoms with Crippen molar-refractivity contribution in [1.29, 1.82) is 0 Å². The van der Waals surface area contributed by atoms with E-state index in [2.05, 4.69) is 37.8 Å². The van der Waals surface area contributed by atoms with Crippen molar-refractivity contribution in [3.8, 4) is 0 Å². The summed E-state index contributed by atoms with van der Waals surface area (Å²) in [6.07, 6.45) is 5.19. The van der Waals surface area contributed by atoms with Crippen molar-refractivity contribution < 1.29 is 14.5 Å². The largest absolute Gasteiger partial charge is 0.344 e. The molecule has 3 nitrogen and oxygen atoms in total. The third-order valence-electron chi connectivity index (χ3n) is 4.24. The summed E-state index contributed by atoms with van der Waals surface area (Å²) in [4.78, 5) is 11.2. The maximum absolute atomic E-state index is 5.98. The standard InChI is InChI=1S/C17H22O3/c1-13-6-8-15(9-7-13)14(2)16-12-18-17(20-19-16)10-4-3-5-11-17/h6-9,16H,2-5,10-12H2,1H3. The quantitative estimate of drug-likeness (QED) is 0.762. The van der Waals surface area contributed by atoms with Gasteiger partial charge in [-0.15, -0.1) is 0 Å². The van der Waals surface area contributed by atoms with Gasteiger partial charge in [0, 0.05) is 12.8 Å². The Morgan fingerprint density at radius 3 is 2.45 bits per heavy atom. The highest BCUT2D eigenvalue weighted by atomic mass is 17.2. The Morgan fingerprint density at radius 1 is 1.15 bits per heavy atom. The fraction of sp³-hybridized carbons (Fsp3) is 0.529. The van der Waals surface area contributed by atoms with Crippen LogP contribution in [0.1, 0.15) is 43.2 Å². The predicted molar refractivity (Wildman–Crippen MR) is 77.9 cm³/mol. The van der Waals surface area contributed by atoms with Crippen molar-refractivity contribution >= 4 is 5.57 Å². The van der Waals surface area contributed by atoms with Crippen molar-refractivity contribution in [2.24, 2.45) is 0 Å². The molecule has 1 unspecified atom stereocenters. The molecule has 1 atom stereocenters. The third kappa shape index (κ3) is 2.80. The lowest BCUT2D eigenvalue weighted by Crippen LogP contribution is -2.46. The minimum Gasteiger partial charge on any atom is -0.344 e. The van der Waals surface area contributed by atoms with Crippen molar-refractivity contribution in [3.05, 3.63) is 42.0 Å². The molecule has 3 heteroatoms. The predicted octanol–water partition coefficient (Wildman–Crippen LogP) is 4.02. The monoisotopic (exact) mass is 274 g/mol. The molecule has 1 aliphatic carbocycles. The highest BCUT2D eigenvalue weighted by Crippen LogP contribution is 2.37. The van der Waals surface area contributed by atoms with Crippen LogP contribution in [0.25, 0.3) is 5.57 Å². The van der Waals surface area contributed by atoms with Gasteiger partial charge in [-0.05, 0) is 30.9 Å². The van der Waals surface area contributed by atoms with Crippen LogP contribution in [0.4, 0.5) is 0 Å². The van der Waals surface area contributed by atoms with Gasteiger partial charge in [-0.25, -0.2) is 9.78 Å². The number of benzene rings is 1. The maximum Gasteiger partial charge on any atom is 0.201 e. The highest BCUT2D eigenvalue weighted by Gasteiger charge is 2.41. The summed E-state index contributed by atoms with van der Waals surface area (Å²) < 4.78 is 5.98. The van der Waals surface area contributed by atoms with Gasteiger partial charge in [-0.1, -0.05) is 42.8 Å². The van der Waals surface area contributed by atoms with Crippen molar-refractivity contribution in [2.75, 3.05) is 6.61 Å². The van der Waals surface area contributed by atoms with Crippen LogP contribution in [-0.2, 0) is 14.5 Å². The van der Waals surface area contributed by atoms with Gasteiger partial charge in [0.25, 0.3) is 0 Å². The van der Waals surface area contributed by atoms with Crippen LogP contribution in [-0.4, -0.2) is 18.5 Å². The molecule has 1 aromatic carbocycles. The molecule has 1 heterocycles. The van der Waals surface area contributed by atoms with Gasteiger partial charge in [-0.3, -0.25) is 0 Å². The van der Waals surface area contributed by atoms with E-state index in [1.165, 1.54) is 12.0 Å². The summed E-state index contributed by atoms with van der Waals surface area (Å²) in [6.45, 7) is 6.72. The minimum absolute atomic E-state index is 0.217. The molecule has 2 fully saturated rings. The highest BCUT2D eigenvalue weighted by molar-refractivity contribution is 5.67. The smallest absolute Gasteiger partial charge is 0.201 e. The molecule has 0 N–H and O–H groups in total. The van der Waals surface area contributed by atoms with Gasteiger partial charge in [0.1, 0.15) is 6.10 Å². The van der Waals surface area contributed by atoms with Crippen LogP contribution in [0.2, 0.25) is 0 Å². The second-order valence-corrected chi connectivity index (χ2v) is 5.84. The van der Waals surface area contributed by atoms with Gasteiger partial charge in [0.05, 0.1) is 6.61 Å². The fourth-order valence-electron chi connectivity index (χ4n) is 2.86. The Morgan fingerprint density at radius 2 is 1.85 bits per heavy atom. The summed E-state index contributed by atoms with van der Waals surface area (Å²) in [5.41, 5.74) is 3.22. The molecule has 0 radical (unpaired) electrons. The van der Waals surface area contributed by atoms with Gasteiger partial charge >= 0.3 is 0 Å². The fourth-order valence-corrected chi connectivity index (χ4v) is 2.86. The van der Waals surface area contributed by atoms with E-state index in [0.717, 1.165) is 36.8 Å². The second-order valence-electron chi connectivity index (χ2n) is 5.84. The van der Waals surface area contributed by atoms with Crippen LogP contribution >= 0.6 is 0 Å². The molecule has 1 aliphatic heterocycles. The molecule has 1 saturated heterocycles. The Balaban J connectivity index is 1.62. The van der Waals surface area contributed by atoms with Crippen LogP contribution in [0.3, 0.4) is 0 Å². The Hall–Kier alpha value is -1.16. The molecule has 1 aromatic rings. The van der Waals surface area contributed by atoms with Gasteiger partial charge in [-0.2, -0.15) is 0 Å². The van der Waals surface area contributed by atoms with E-state index in [4.69, 9.17) is 14.5 Å². The van der Waals surface area contributed by atoms with Crippen molar-refractivity contribution in [1.82, 2.24) is 0 Å². The minimum atomic E-state index is -0.498. The molecular weight excluding hydrogens is 252 g/mol. The van der Waals surface area contributed by atoms with Crippen LogP contribution in [0.5, 0.6) is 0 Å². The first-order valence-electron chi connectivity index (χ1n) is 7.43. The number of ether oxygens (including phenoxy) is 1. The molecule has 0 amide bonds. The SMILES string of the molecule is C=C(c1ccc(C)cc1)C1COC2(CCCCC2)OO1. The van der Waals surface area contributed by atoms with Crippen LogP contribution < -0.4 is 0 Å². The third-order valence-corrected chi connectivity index (χ3v) is 4.24. The van der Waals surface area contributed by atoms with Gasteiger partial charge < -0.3 is 4.74 Å². The zero-order valence-electron chi connectivity index (χ0n) is 12.1. The lowest BCUT2D eigenvalue weighted by molar-refractivity contribution is -0.483. The first-order valence-corrected chi connectivity index (χ1v) is 7.43. The Kier molecular flexibility index (Phi) is 3.92. The molecule has 20 heavy (non-hydrogen) atoms. The number of rotatable bonds is 2. The van der Waals surface area contributed by atoms with Crippen LogP contribution in [0.15, 0.2) is 30.8 Å². The molecule has 0 aromatic heterocycles. The lowest BCUT2D eigenvalue weighted by atomic mass is 9.94. The van der Waals surface area contributed by atoms with E-state index in [-0.39, 0.29) is 6.10 Å². The van der Waals surface area contributed by atoms with E-state index >= 15 is 0 Å². The maximum atomic E-state index is 5.98. The molecular formula is C17H22O3. The summed E-state index contributed by atoms with van der Waals surface area (Å²) in [6, 6.07) is 8.28. The second kappa shape index (κ2) is 5.68. The molecule has 0 bridgehead atoms. The number of hydrogen-bond donors (Lipinski definition) is 0. The van der Waals surface area contributed by atoms with E-state index in [1.54, 1.807) is 0 Å². The zero-order chi connectivity index (χ0) is 14.0. The Bertz CT molecular complexity index is 462. The topological polar surface area (TPSA) is 27.7 Å². The van der Waals surface area contributed by atoms with Crippen LogP contribution in [0, 0.1) is 6.92 Å². The summed E-state index contributed by atoms with van der Waals surface area (Å²) in [7, 11) is 0. The summed E-state index contributed by atoms with van der Waals surface area (Å²) in [5, 5.41) is 0. The zero-order valence-corrected chi connectivity index (χ0v) is 12.1. The van der Waals surface area contributed by atoms with Crippen molar-refractivity contribution in [3.63, 3.8) is 0 Å². The average molecular weight is 274 g/mol. The average Bonchev–Trinajstić information content (AvgIpc) is 2.49. The number of aryl methyl sites for hydroxylation is 1. The number of hydrogen-bond acceptors (Lipinski definition) is 3. The normalized spacial score (nSPS) is 25.6. The molecule has 108 valence electrons.